The van der Waals surface area contributed by atoms with Gasteiger partial charge in [0, 0.05) is 42.3 Å². The van der Waals surface area contributed by atoms with Crippen molar-refractivity contribution < 1.29 is 38.1 Å². The molecule has 0 radical (unpaired) electrons. The number of benzene rings is 1. The predicted molar refractivity (Wildman–Crippen MR) is 171 cm³/mol. The molecule has 0 aliphatic carbocycles. The van der Waals surface area contributed by atoms with Crippen LogP contribution in [-0.4, -0.2) is 59.8 Å². The number of nitrogens with zero attached hydrogens (tertiary/aromatic N) is 2. The van der Waals surface area contributed by atoms with Crippen LogP contribution >= 0.6 is 0 Å². The SMILES string of the molecule is C=C(C)C(C)OC=O.CC.CC(C)(C)OC=O.CNc1cc2cc3c(nc2cc1F)-c1cc(C(O)C=O)c(COC)c(=O)n1C3. The molecule has 0 bridgehead atoms. The van der Waals surface area contributed by atoms with Gasteiger partial charge in [0.2, 0.25) is 0 Å². The Labute approximate surface area is 263 Å². The average Bonchev–Trinajstić information content (AvgIpc) is 3.35. The van der Waals surface area contributed by atoms with Gasteiger partial charge in [-0.15, -0.1) is 0 Å². The van der Waals surface area contributed by atoms with Crippen LogP contribution in [-0.2, 0) is 41.7 Å². The first-order valence-electron chi connectivity index (χ1n) is 14.3. The van der Waals surface area contributed by atoms with Gasteiger partial charge in [-0.05, 0) is 58.4 Å². The number of aromatic nitrogens is 2. The van der Waals surface area contributed by atoms with Crippen LogP contribution in [0.3, 0.4) is 0 Å². The van der Waals surface area contributed by atoms with Crippen molar-refractivity contribution in [3.8, 4) is 11.4 Å². The number of methoxy groups -OCH3 is 1. The Balaban J connectivity index is 0.000000494. The van der Waals surface area contributed by atoms with Crippen molar-refractivity contribution in [2.24, 2.45) is 0 Å². The number of nitrogens with one attached hydrogen (secondary N) is 1. The van der Waals surface area contributed by atoms with E-state index in [2.05, 4.69) is 26.4 Å². The first-order valence-corrected chi connectivity index (χ1v) is 14.3. The number of halogens is 1. The van der Waals surface area contributed by atoms with Crippen molar-refractivity contribution in [3.05, 3.63) is 69.3 Å². The van der Waals surface area contributed by atoms with Gasteiger partial charge in [0.1, 0.15) is 23.6 Å². The largest absolute Gasteiger partial charge is 0.462 e. The minimum atomic E-state index is -1.44. The van der Waals surface area contributed by atoms with Gasteiger partial charge in [-0.2, -0.15) is 0 Å². The summed E-state index contributed by atoms with van der Waals surface area (Å²) >= 11 is 0. The van der Waals surface area contributed by atoms with E-state index in [1.165, 1.54) is 17.7 Å². The molecule has 1 aromatic carbocycles. The molecule has 2 unspecified atom stereocenters. The summed E-state index contributed by atoms with van der Waals surface area (Å²) in [6, 6.07) is 6.46. The fourth-order valence-corrected chi connectivity index (χ4v) is 3.98. The third-order valence-corrected chi connectivity index (χ3v) is 6.35. The lowest BCUT2D eigenvalue weighted by Gasteiger charge is -2.14. The minimum Gasteiger partial charge on any atom is -0.462 e. The summed E-state index contributed by atoms with van der Waals surface area (Å²) in [6.45, 7) is 17.8. The van der Waals surface area contributed by atoms with Crippen LogP contribution < -0.4 is 10.9 Å². The Morgan fingerprint density at radius 1 is 1.18 bits per heavy atom. The number of hydrogen-bond donors (Lipinski definition) is 2. The summed E-state index contributed by atoms with van der Waals surface area (Å²) in [6.07, 6.45) is -1.22. The van der Waals surface area contributed by atoms with Gasteiger partial charge >= 0.3 is 0 Å². The minimum absolute atomic E-state index is 0.0260. The van der Waals surface area contributed by atoms with E-state index in [0.717, 1.165) is 16.5 Å². The molecule has 0 saturated carbocycles. The molecule has 246 valence electrons. The molecular weight excluding hydrogens is 585 g/mol. The van der Waals surface area contributed by atoms with Crippen molar-refractivity contribution in [2.45, 2.75) is 79.4 Å². The molecular formula is C33H44FN3O8. The fraction of sp³-hybridized carbons (Fsp3) is 0.424. The van der Waals surface area contributed by atoms with Gasteiger partial charge in [0.15, 0.2) is 6.29 Å². The average molecular weight is 630 g/mol. The number of hydrogen-bond acceptors (Lipinski definition) is 10. The number of fused-ring (bicyclic) bond motifs is 4. The molecule has 4 rings (SSSR count). The van der Waals surface area contributed by atoms with Crippen molar-refractivity contribution in [1.82, 2.24) is 9.55 Å². The molecule has 1 aliphatic rings. The van der Waals surface area contributed by atoms with Gasteiger partial charge in [-0.25, -0.2) is 9.37 Å². The fourth-order valence-electron chi connectivity index (χ4n) is 3.98. The van der Waals surface area contributed by atoms with E-state index in [1.54, 1.807) is 26.1 Å². The molecule has 0 fully saturated rings. The number of carbonyl (C=O) groups is 3. The normalized spacial score (nSPS) is 12.2. The molecule has 45 heavy (non-hydrogen) atoms. The molecule has 11 nitrogen and oxygen atoms in total. The number of rotatable bonds is 9. The second kappa shape index (κ2) is 17.8. The van der Waals surface area contributed by atoms with Crippen LogP contribution in [0.4, 0.5) is 10.1 Å². The van der Waals surface area contributed by atoms with Crippen LogP contribution in [0, 0.1) is 5.82 Å². The van der Waals surface area contributed by atoms with Crippen LogP contribution in [0.5, 0.6) is 0 Å². The number of aliphatic hydroxyl groups is 1. The first kappa shape index (κ1) is 38.6. The van der Waals surface area contributed by atoms with Crippen molar-refractivity contribution >= 4 is 35.8 Å². The van der Waals surface area contributed by atoms with E-state index in [9.17, 15) is 28.7 Å². The maximum Gasteiger partial charge on any atom is 0.293 e. The van der Waals surface area contributed by atoms with E-state index < -0.39 is 11.9 Å². The Bertz CT molecular complexity index is 1550. The third kappa shape index (κ3) is 10.3. The quantitative estimate of drug-likeness (QED) is 0.190. The molecule has 2 N–H and O–H groups in total. The highest BCUT2D eigenvalue weighted by molar-refractivity contribution is 5.87. The van der Waals surface area contributed by atoms with Crippen molar-refractivity contribution in [3.63, 3.8) is 0 Å². The van der Waals surface area contributed by atoms with Crippen LogP contribution in [0.15, 0.2) is 41.2 Å². The second-order valence-electron chi connectivity index (χ2n) is 10.7. The lowest BCUT2D eigenvalue weighted by molar-refractivity contribution is -0.138. The first-order chi connectivity index (χ1) is 21.2. The number of aldehydes is 1. The zero-order valence-corrected chi connectivity index (χ0v) is 27.4. The van der Waals surface area contributed by atoms with E-state index in [4.69, 9.17) is 4.74 Å². The smallest absolute Gasteiger partial charge is 0.293 e. The lowest BCUT2D eigenvalue weighted by Crippen LogP contribution is -2.26. The summed E-state index contributed by atoms with van der Waals surface area (Å²) in [5.74, 6) is -0.426. The molecule has 3 heterocycles. The van der Waals surface area contributed by atoms with Crippen molar-refractivity contribution in [1.29, 1.82) is 0 Å². The summed E-state index contributed by atoms with van der Waals surface area (Å²) < 4.78 is 29.8. The number of ether oxygens (including phenoxy) is 3. The number of carbonyl (C=O) groups excluding carboxylic acids is 3. The monoisotopic (exact) mass is 629 g/mol. The number of aliphatic hydroxyl groups excluding tert-OH is 1. The van der Waals surface area contributed by atoms with Gasteiger partial charge in [0.25, 0.3) is 18.5 Å². The standard InChI is InChI=1S/C20H18FN3O4.C6H10O2.C5H10O2.C2H6/c1-22-16-4-10-3-11-7-24-17(19(11)23-15(10)6-14(16)21)5-12(18(26)8-25)13(9-28-2)20(24)27;1-5(2)6(3)8-4-7;1-5(2,3)7-4-6;1-2/h3-6,8,18,22,26H,7,9H2,1-2H3;4,6H,1H2,2-3H3;4H,1-3H3;1-2H3. The van der Waals surface area contributed by atoms with Gasteiger partial charge in [-0.1, -0.05) is 20.4 Å². The number of pyridine rings is 2. The molecule has 1 aliphatic heterocycles. The molecule has 0 saturated heterocycles. The molecule has 12 heteroatoms. The van der Waals surface area contributed by atoms with E-state index >= 15 is 0 Å². The zero-order chi connectivity index (χ0) is 34.5. The molecule has 2 aromatic heterocycles. The summed E-state index contributed by atoms with van der Waals surface area (Å²) in [5, 5.41) is 13.6. The Morgan fingerprint density at radius 2 is 1.82 bits per heavy atom. The molecule has 0 spiro atoms. The summed E-state index contributed by atoms with van der Waals surface area (Å²) in [5.41, 5.74) is 3.25. The van der Waals surface area contributed by atoms with Crippen molar-refractivity contribution in [2.75, 3.05) is 19.5 Å². The molecule has 2 atom stereocenters. The van der Waals surface area contributed by atoms with Gasteiger partial charge in [0.05, 0.1) is 35.7 Å². The second-order valence-corrected chi connectivity index (χ2v) is 10.7. The van der Waals surface area contributed by atoms with Crippen LogP contribution in [0.1, 0.15) is 71.3 Å². The van der Waals surface area contributed by atoms with E-state index in [0.29, 0.717) is 48.4 Å². The Kier molecular flexibility index (Phi) is 15.2. The van der Waals surface area contributed by atoms with Gasteiger partial charge < -0.3 is 34.0 Å². The van der Waals surface area contributed by atoms with Crippen LogP contribution in [0.25, 0.3) is 22.3 Å². The van der Waals surface area contributed by atoms with Gasteiger partial charge in [-0.3, -0.25) is 14.4 Å². The topological polar surface area (TPSA) is 146 Å². The van der Waals surface area contributed by atoms with E-state index in [-0.39, 0.29) is 35.0 Å². The molecule has 0 amide bonds. The Hall–Kier alpha value is -4.42. The highest BCUT2D eigenvalue weighted by Crippen LogP contribution is 2.34. The highest BCUT2D eigenvalue weighted by Gasteiger charge is 2.27. The highest BCUT2D eigenvalue weighted by atomic mass is 19.1. The molecule has 3 aromatic rings. The number of anilines is 1. The Morgan fingerprint density at radius 3 is 2.27 bits per heavy atom. The summed E-state index contributed by atoms with van der Waals surface area (Å²) in [7, 11) is 3.07. The lowest BCUT2D eigenvalue weighted by atomic mass is 10.0. The maximum atomic E-state index is 14.1. The van der Waals surface area contributed by atoms with Crippen LogP contribution in [0.2, 0.25) is 0 Å². The third-order valence-electron chi connectivity index (χ3n) is 6.35. The zero-order valence-electron chi connectivity index (χ0n) is 27.4. The van der Waals surface area contributed by atoms with E-state index in [1.807, 2.05) is 47.6 Å². The predicted octanol–water partition coefficient (Wildman–Crippen LogP) is 5.09. The summed E-state index contributed by atoms with van der Waals surface area (Å²) in [4.78, 5) is 47.9. The maximum absolute atomic E-state index is 14.1.